The van der Waals surface area contributed by atoms with Crippen LogP contribution < -0.4 is 5.32 Å². The van der Waals surface area contributed by atoms with Crippen LogP contribution in [0.15, 0.2) is 0 Å². The van der Waals surface area contributed by atoms with Crippen molar-refractivity contribution in [1.82, 2.24) is 10.2 Å². The largest absolute Gasteiger partial charge is 0.465 e. The first-order valence-corrected chi connectivity index (χ1v) is 6.54. The molecule has 0 aromatic carbocycles. The molecule has 5 nitrogen and oxygen atoms in total. The number of esters is 1. The van der Waals surface area contributed by atoms with Gasteiger partial charge < -0.3 is 14.8 Å². The minimum atomic E-state index is -0.686. The van der Waals surface area contributed by atoms with Crippen LogP contribution in [-0.2, 0) is 14.3 Å². The topological polar surface area (TPSA) is 50.8 Å². The summed E-state index contributed by atoms with van der Waals surface area (Å²) in [6, 6.07) is 0.266. The molecule has 0 aliphatic heterocycles. The Morgan fingerprint density at radius 1 is 1.44 bits per heavy atom. The van der Waals surface area contributed by atoms with Gasteiger partial charge in [-0.25, -0.2) is 0 Å². The molecule has 0 amide bonds. The molecule has 1 N–H and O–H groups in total. The summed E-state index contributed by atoms with van der Waals surface area (Å²) in [5.74, 6) is -0.212. The van der Waals surface area contributed by atoms with Crippen LogP contribution in [0.3, 0.4) is 0 Å². The van der Waals surface area contributed by atoms with Crippen LogP contribution in [0.2, 0.25) is 0 Å². The first-order valence-electron chi connectivity index (χ1n) is 6.54. The molecule has 0 spiro atoms. The number of rotatable bonds is 9. The van der Waals surface area contributed by atoms with Gasteiger partial charge in [0.15, 0.2) is 0 Å². The van der Waals surface area contributed by atoms with E-state index in [0.29, 0.717) is 19.8 Å². The number of carbonyl (C=O) groups is 1. The smallest absolute Gasteiger partial charge is 0.327 e. The molecule has 2 atom stereocenters. The summed E-state index contributed by atoms with van der Waals surface area (Å²) in [5, 5.41) is 3.07. The molecule has 18 heavy (non-hydrogen) atoms. The van der Waals surface area contributed by atoms with Gasteiger partial charge in [-0.3, -0.25) is 9.69 Å². The molecule has 0 rings (SSSR count). The van der Waals surface area contributed by atoms with Crippen LogP contribution in [0.5, 0.6) is 0 Å². The maximum absolute atomic E-state index is 12.0. The zero-order chi connectivity index (χ0) is 14.2. The van der Waals surface area contributed by atoms with Crippen LogP contribution in [0.25, 0.3) is 0 Å². The Kier molecular flexibility index (Phi) is 8.15. The van der Waals surface area contributed by atoms with Gasteiger partial charge in [-0.15, -0.1) is 0 Å². The van der Waals surface area contributed by atoms with Crippen molar-refractivity contribution < 1.29 is 14.3 Å². The van der Waals surface area contributed by atoms with E-state index in [-0.39, 0.29) is 12.0 Å². The third kappa shape index (κ3) is 4.92. The third-order valence-corrected chi connectivity index (χ3v) is 3.23. The average Bonchev–Trinajstić information content (AvgIpc) is 2.36. The van der Waals surface area contributed by atoms with Crippen molar-refractivity contribution in [2.45, 2.75) is 39.3 Å². The molecule has 0 saturated carbocycles. The number of likely N-dealkylation sites (N-methyl/N-ethyl adjacent to an activating group) is 2. The molecule has 0 saturated heterocycles. The third-order valence-electron chi connectivity index (χ3n) is 3.23. The highest BCUT2D eigenvalue weighted by atomic mass is 16.5. The van der Waals surface area contributed by atoms with Crippen molar-refractivity contribution >= 4 is 5.97 Å². The lowest BCUT2D eigenvalue weighted by Crippen LogP contribution is -2.58. The Balaban J connectivity index is 4.70. The van der Waals surface area contributed by atoms with Crippen molar-refractivity contribution in [3.63, 3.8) is 0 Å². The molecule has 108 valence electrons. The minimum Gasteiger partial charge on any atom is -0.465 e. The maximum Gasteiger partial charge on any atom is 0.327 e. The molecule has 5 heteroatoms. The number of nitrogens with zero attached hydrogens (tertiary/aromatic N) is 1. The van der Waals surface area contributed by atoms with Crippen molar-refractivity contribution in [1.29, 1.82) is 0 Å². The van der Waals surface area contributed by atoms with Gasteiger partial charge in [-0.1, -0.05) is 6.92 Å². The fourth-order valence-electron chi connectivity index (χ4n) is 1.87. The van der Waals surface area contributed by atoms with Gasteiger partial charge >= 0.3 is 5.97 Å². The van der Waals surface area contributed by atoms with Crippen molar-refractivity contribution in [3.8, 4) is 0 Å². The van der Waals surface area contributed by atoms with Gasteiger partial charge in [0.25, 0.3) is 0 Å². The molecular formula is C13H28N2O3. The first kappa shape index (κ1) is 17.4. The van der Waals surface area contributed by atoms with Gasteiger partial charge in [0.05, 0.1) is 13.2 Å². The van der Waals surface area contributed by atoms with Crippen LogP contribution in [-0.4, -0.2) is 62.9 Å². The molecule has 0 fully saturated rings. The van der Waals surface area contributed by atoms with Gasteiger partial charge in [-0.2, -0.15) is 0 Å². The zero-order valence-corrected chi connectivity index (χ0v) is 12.6. The fraction of sp³-hybridized carbons (Fsp3) is 0.923. The summed E-state index contributed by atoms with van der Waals surface area (Å²) in [4.78, 5) is 14.2. The molecule has 0 bridgehead atoms. The van der Waals surface area contributed by atoms with E-state index >= 15 is 0 Å². The van der Waals surface area contributed by atoms with Crippen molar-refractivity contribution in [2.75, 3.05) is 40.5 Å². The Labute approximate surface area is 111 Å². The molecule has 0 aliphatic carbocycles. The number of carbonyl (C=O) groups excluding carboxylic acids is 1. The molecule has 2 unspecified atom stereocenters. The number of hydrogen-bond donors (Lipinski definition) is 1. The normalized spacial score (nSPS) is 16.4. The standard InChI is InChI=1S/C13H28N2O3/c1-7-15(11(3)9-17-6)10-13(4,14-5)12(16)18-8-2/h11,14H,7-10H2,1-6H3. The van der Waals surface area contributed by atoms with Crippen molar-refractivity contribution in [2.24, 2.45) is 0 Å². The maximum atomic E-state index is 12.0. The number of nitrogens with one attached hydrogen (secondary N) is 1. The summed E-state index contributed by atoms with van der Waals surface area (Å²) in [5.41, 5.74) is -0.686. The Bertz CT molecular complexity index is 248. The predicted octanol–water partition coefficient (Wildman–Crippen LogP) is 0.884. The minimum absolute atomic E-state index is 0.212. The van der Waals surface area contributed by atoms with E-state index in [1.165, 1.54) is 0 Å². The predicted molar refractivity (Wildman–Crippen MR) is 72.7 cm³/mol. The Hall–Kier alpha value is -0.650. The molecule has 0 aromatic rings. The highest BCUT2D eigenvalue weighted by Gasteiger charge is 2.35. The van der Waals surface area contributed by atoms with E-state index in [1.807, 2.05) is 13.8 Å². The van der Waals surface area contributed by atoms with E-state index in [4.69, 9.17) is 9.47 Å². The SMILES string of the molecule is CCOC(=O)C(C)(CN(CC)C(C)COC)NC. The lowest BCUT2D eigenvalue weighted by Gasteiger charge is -2.36. The van der Waals surface area contributed by atoms with Gasteiger partial charge in [0.1, 0.15) is 5.54 Å². The first-order chi connectivity index (χ1) is 8.45. The number of ether oxygens (including phenoxy) is 2. The van der Waals surface area contributed by atoms with E-state index < -0.39 is 5.54 Å². The molecule has 0 aliphatic rings. The summed E-state index contributed by atoms with van der Waals surface area (Å²) in [7, 11) is 3.47. The van der Waals surface area contributed by atoms with E-state index in [0.717, 1.165) is 6.54 Å². The molecule has 0 radical (unpaired) electrons. The molecular weight excluding hydrogens is 232 g/mol. The highest BCUT2D eigenvalue weighted by molar-refractivity contribution is 5.80. The van der Waals surface area contributed by atoms with E-state index in [9.17, 15) is 4.79 Å². The van der Waals surface area contributed by atoms with E-state index in [1.54, 1.807) is 14.2 Å². The van der Waals surface area contributed by atoms with Crippen LogP contribution >= 0.6 is 0 Å². The zero-order valence-electron chi connectivity index (χ0n) is 12.6. The highest BCUT2D eigenvalue weighted by Crippen LogP contribution is 2.12. The van der Waals surface area contributed by atoms with Crippen LogP contribution in [0, 0.1) is 0 Å². The van der Waals surface area contributed by atoms with Gasteiger partial charge in [0, 0.05) is 19.7 Å². The summed E-state index contributed by atoms with van der Waals surface area (Å²) in [6.07, 6.45) is 0. The number of hydrogen-bond acceptors (Lipinski definition) is 5. The second-order valence-corrected chi connectivity index (χ2v) is 4.67. The second-order valence-electron chi connectivity index (χ2n) is 4.67. The van der Waals surface area contributed by atoms with E-state index in [2.05, 4.69) is 24.1 Å². The second kappa shape index (κ2) is 8.45. The quantitative estimate of drug-likeness (QED) is 0.624. The van der Waals surface area contributed by atoms with Crippen molar-refractivity contribution in [3.05, 3.63) is 0 Å². The van der Waals surface area contributed by atoms with Gasteiger partial charge in [0.2, 0.25) is 0 Å². The molecule has 0 heterocycles. The van der Waals surface area contributed by atoms with Crippen LogP contribution in [0.1, 0.15) is 27.7 Å². The monoisotopic (exact) mass is 260 g/mol. The lowest BCUT2D eigenvalue weighted by molar-refractivity contribution is -0.151. The summed E-state index contributed by atoms with van der Waals surface area (Å²) >= 11 is 0. The van der Waals surface area contributed by atoms with Crippen LogP contribution in [0.4, 0.5) is 0 Å². The fourth-order valence-corrected chi connectivity index (χ4v) is 1.87. The summed E-state index contributed by atoms with van der Waals surface area (Å²) < 4.78 is 10.3. The lowest BCUT2D eigenvalue weighted by atomic mass is 10.0. The van der Waals surface area contributed by atoms with Gasteiger partial charge in [-0.05, 0) is 34.4 Å². The summed E-state index contributed by atoms with van der Waals surface area (Å²) in [6.45, 7) is 10.4. The average molecular weight is 260 g/mol. The Morgan fingerprint density at radius 2 is 2.06 bits per heavy atom. The number of methoxy groups -OCH3 is 1. The molecule has 0 aromatic heterocycles. The Morgan fingerprint density at radius 3 is 2.44 bits per heavy atom.